The maximum absolute atomic E-state index is 12.7. The first kappa shape index (κ1) is 19.2. The molecule has 0 atom stereocenters. The molecule has 2 rings (SSSR count). The molecule has 1 amide bonds. The van der Waals surface area contributed by atoms with Crippen LogP contribution in [0, 0.1) is 5.41 Å². The Balaban J connectivity index is 2.22. The molecule has 25 heavy (non-hydrogen) atoms. The predicted molar refractivity (Wildman–Crippen MR) is 102 cm³/mol. The van der Waals surface area contributed by atoms with Gasteiger partial charge in [-0.15, -0.1) is 0 Å². The number of nitrogens with two attached hydrogens (primary N) is 1. The fourth-order valence-corrected chi connectivity index (χ4v) is 3.07. The molecule has 0 aliphatic heterocycles. The summed E-state index contributed by atoms with van der Waals surface area (Å²) in [6, 6.07) is 10.0. The standard InChI is InChI=1S/C20H30N4O/c1-5-20(6-2,14-21)19(25)22-12-16-13-24(23-18(16)15(3)4)17-10-8-7-9-11-17/h7-11,13,15H,5-6,12,14,21H2,1-4H3,(H,22,25). The summed E-state index contributed by atoms with van der Waals surface area (Å²) in [5.41, 5.74) is 8.47. The second kappa shape index (κ2) is 8.30. The van der Waals surface area contributed by atoms with Crippen molar-refractivity contribution in [2.75, 3.05) is 6.54 Å². The number of hydrogen-bond donors (Lipinski definition) is 2. The van der Waals surface area contributed by atoms with Crippen molar-refractivity contribution in [1.82, 2.24) is 15.1 Å². The zero-order chi connectivity index (χ0) is 18.4. The van der Waals surface area contributed by atoms with Gasteiger partial charge in [0.05, 0.1) is 16.8 Å². The van der Waals surface area contributed by atoms with Crippen LogP contribution in [0.5, 0.6) is 0 Å². The Morgan fingerprint density at radius 2 is 1.88 bits per heavy atom. The number of carbonyl (C=O) groups excluding carboxylic acids is 1. The number of rotatable bonds is 8. The van der Waals surface area contributed by atoms with E-state index in [-0.39, 0.29) is 11.8 Å². The van der Waals surface area contributed by atoms with Gasteiger partial charge in [-0.3, -0.25) is 4.79 Å². The summed E-state index contributed by atoms with van der Waals surface area (Å²) in [6.07, 6.45) is 3.49. The second-order valence-corrected chi connectivity index (χ2v) is 6.85. The molecule has 2 aromatic rings. The quantitative estimate of drug-likeness (QED) is 0.772. The molecular formula is C20H30N4O. The molecule has 5 heteroatoms. The normalized spacial score (nSPS) is 11.8. The van der Waals surface area contributed by atoms with Gasteiger partial charge in [-0.1, -0.05) is 45.9 Å². The fourth-order valence-electron chi connectivity index (χ4n) is 3.07. The van der Waals surface area contributed by atoms with Crippen molar-refractivity contribution >= 4 is 5.91 Å². The Morgan fingerprint density at radius 1 is 1.24 bits per heavy atom. The third-order valence-corrected chi connectivity index (χ3v) is 5.06. The van der Waals surface area contributed by atoms with E-state index >= 15 is 0 Å². The monoisotopic (exact) mass is 342 g/mol. The Bertz CT molecular complexity index is 679. The molecule has 0 bridgehead atoms. The van der Waals surface area contributed by atoms with Crippen LogP contribution in [-0.2, 0) is 11.3 Å². The maximum atomic E-state index is 12.7. The molecule has 0 aliphatic carbocycles. The minimum Gasteiger partial charge on any atom is -0.351 e. The summed E-state index contributed by atoms with van der Waals surface area (Å²) in [6.45, 7) is 9.11. The highest BCUT2D eigenvalue weighted by Crippen LogP contribution is 2.26. The largest absolute Gasteiger partial charge is 0.351 e. The van der Waals surface area contributed by atoms with Gasteiger partial charge in [0.25, 0.3) is 0 Å². The van der Waals surface area contributed by atoms with E-state index in [0.717, 1.165) is 29.8 Å². The van der Waals surface area contributed by atoms with E-state index in [2.05, 4.69) is 19.2 Å². The van der Waals surface area contributed by atoms with Crippen LogP contribution in [0.3, 0.4) is 0 Å². The summed E-state index contributed by atoms with van der Waals surface area (Å²) < 4.78 is 1.88. The number of nitrogens with one attached hydrogen (secondary N) is 1. The third-order valence-electron chi connectivity index (χ3n) is 5.06. The number of benzene rings is 1. The van der Waals surface area contributed by atoms with Crippen molar-refractivity contribution < 1.29 is 4.79 Å². The van der Waals surface area contributed by atoms with Crippen molar-refractivity contribution in [3.8, 4) is 5.69 Å². The molecule has 0 spiro atoms. The zero-order valence-electron chi connectivity index (χ0n) is 15.7. The van der Waals surface area contributed by atoms with E-state index in [1.807, 2.05) is 55.1 Å². The molecule has 0 saturated heterocycles. The van der Waals surface area contributed by atoms with Crippen LogP contribution in [0.25, 0.3) is 5.69 Å². The Kier molecular flexibility index (Phi) is 6.37. The molecule has 0 aliphatic rings. The molecule has 1 heterocycles. The Hall–Kier alpha value is -2.14. The number of aromatic nitrogens is 2. The van der Waals surface area contributed by atoms with Crippen molar-refractivity contribution in [3.63, 3.8) is 0 Å². The van der Waals surface area contributed by atoms with Gasteiger partial charge in [0.1, 0.15) is 0 Å². The summed E-state index contributed by atoms with van der Waals surface area (Å²) in [5.74, 6) is 0.315. The molecule has 0 radical (unpaired) electrons. The molecule has 0 fully saturated rings. The van der Waals surface area contributed by atoms with Crippen molar-refractivity contribution in [2.24, 2.45) is 11.1 Å². The lowest BCUT2D eigenvalue weighted by Crippen LogP contribution is -2.45. The van der Waals surface area contributed by atoms with Crippen LogP contribution in [0.2, 0.25) is 0 Å². The first-order chi connectivity index (χ1) is 12.0. The van der Waals surface area contributed by atoms with E-state index in [1.165, 1.54) is 0 Å². The number of nitrogens with zero attached hydrogens (tertiary/aromatic N) is 2. The lowest BCUT2D eigenvalue weighted by molar-refractivity contribution is -0.131. The second-order valence-electron chi connectivity index (χ2n) is 6.85. The maximum Gasteiger partial charge on any atom is 0.227 e. The van der Waals surface area contributed by atoms with E-state index < -0.39 is 5.41 Å². The van der Waals surface area contributed by atoms with Gasteiger partial charge in [0.2, 0.25) is 5.91 Å². The van der Waals surface area contributed by atoms with Crippen LogP contribution in [0.1, 0.15) is 57.7 Å². The van der Waals surface area contributed by atoms with E-state index in [0.29, 0.717) is 13.1 Å². The number of carbonyl (C=O) groups is 1. The van der Waals surface area contributed by atoms with E-state index in [9.17, 15) is 4.79 Å². The first-order valence-corrected chi connectivity index (χ1v) is 9.09. The Labute approximate surface area is 150 Å². The van der Waals surface area contributed by atoms with Gasteiger partial charge in [0, 0.05) is 24.8 Å². The molecule has 1 aromatic carbocycles. The van der Waals surface area contributed by atoms with E-state index in [4.69, 9.17) is 10.8 Å². The molecule has 3 N–H and O–H groups in total. The van der Waals surface area contributed by atoms with Gasteiger partial charge in [-0.05, 0) is 30.9 Å². The highest BCUT2D eigenvalue weighted by Gasteiger charge is 2.33. The number of hydrogen-bond acceptors (Lipinski definition) is 3. The fraction of sp³-hybridized carbons (Fsp3) is 0.500. The third kappa shape index (κ3) is 4.10. The molecular weight excluding hydrogens is 312 g/mol. The van der Waals surface area contributed by atoms with Gasteiger partial charge < -0.3 is 11.1 Å². The van der Waals surface area contributed by atoms with Gasteiger partial charge in [-0.2, -0.15) is 5.10 Å². The average molecular weight is 342 g/mol. The molecule has 0 unspecified atom stereocenters. The summed E-state index contributed by atoms with van der Waals surface area (Å²) in [4.78, 5) is 12.7. The van der Waals surface area contributed by atoms with Gasteiger partial charge in [-0.25, -0.2) is 4.68 Å². The lowest BCUT2D eigenvalue weighted by Gasteiger charge is -2.28. The Morgan fingerprint density at radius 3 is 2.40 bits per heavy atom. The summed E-state index contributed by atoms with van der Waals surface area (Å²) in [5, 5.41) is 7.80. The summed E-state index contributed by atoms with van der Waals surface area (Å²) in [7, 11) is 0. The van der Waals surface area contributed by atoms with Crippen molar-refractivity contribution in [3.05, 3.63) is 47.8 Å². The minimum atomic E-state index is -0.479. The molecule has 5 nitrogen and oxygen atoms in total. The van der Waals surface area contributed by atoms with Crippen molar-refractivity contribution in [2.45, 2.75) is 53.0 Å². The highest BCUT2D eigenvalue weighted by atomic mass is 16.2. The SMILES string of the molecule is CCC(CC)(CN)C(=O)NCc1cn(-c2ccccc2)nc1C(C)C. The average Bonchev–Trinajstić information content (AvgIpc) is 3.07. The zero-order valence-corrected chi connectivity index (χ0v) is 15.7. The minimum absolute atomic E-state index is 0.0298. The van der Waals surface area contributed by atoms with Crippen LogP contribution in [-0.4, -0.2) is 22.2 Å². The van der Waals surface area contributed by atoms with Crippen molar-refractivity contribution in [1.29, 1.82) is 0 Å². The first-order valence-electron chi connectivity index (χ1n) is 9.09. The topological polar surface area (TPSA) is 72.9 Å². The van der Waals surface area contributed by atoms with Gasteiger partial charge in [0.15, 0.2) is 0 Å². The van der Waals surface area contributed by atoms with E-state index in [1.54, 1.807) is 0 Å². The smallest absolute Gasteiger partial charge is 0.227 e. The number of amides is 1. The molecule has 136 valence electrons. The summed E-state index contributed by atoms with van der Waals surface area (Å²) >= 11 is 0. The predicted octanol–water partition coefficient (Wildman–Crippen LogP) is 3.38. The number of para-hydroxylation sites is 1. The van der Waals surface area contributed by atoms with Gasteiger partial charge >= 0.3 is 0 Å². The molecule has 0 saturated carbocycles. The lowest BCUT2D eigenvalue weighted by atomic mass is 9.81. The van der Waals surface area contributed by atoms with Crippen LogP contribution < -0.4 is 11.1 Å². The highest BCUT2D eigenvalue weighted by molar-refractivity contribution is 5.82. The van der Waals surface area contributed by atoms with Crippen LogP contribution in [0.15, 0.2) is 36.5 Å². The van der Waals surface area contributed by atoms with Crippen LogP contribution >= 0.6 is 0 Å². The molecule has 1 aromatic heterocycles. The van der Waals surface area contributed by atoms with Crippen LogP contribution in [0.4, 0.5) is 0 Å².